The standard InChI is InChI=1S/C17H30N2O2/c1-13-8-10-18(11-16(13)20)12-17(21)19-9-4-6-14-5-2-3-7-15(14)19/h13-16,20H,2-12H2,1H3. The molecule has 1 amide bonds. The van der Waals surface area contributed by atoms with E-state index in [1.54, 1.807) is 0 Å². The summed E-state index contributed by atoms with van der Waals surface area (Å²) in [5.74, 6) is 1.42. The Labute approximate surface area is 128 Å². The largest absolute Gasteiger partial charge is 0.392 e. The van der Waals surface area contributed by atoms with Gasteiger partial charge < -0.3 is 10.0 Å². The quantitative estimate of drug-likeness (QED) is 0.845. The third kappa shape index (κ3) is 3.42. The lowest BCUT2D eigenvalue weighted by Crippen LogP contribution is -2.54. The molecule has 3 aliphatic rings. The topological polar surface area (TPSA) is 43.8 Å². The maximum Gasteiger partial charge on any atom is 0.237 e. The van der Waals surface area contributed by atoms with Crippen molar-refractivity contribution in [2.45, 2.75) is 64.0 Å². The van der Waals surface area contributed by atoms with Crippen LogP contribution in [0.3, 0.4) is 0 Å². The molecule has 2 saturated heterocycles. The van der Waals surface area contributed by atoms with Gasteiger partial charge in [0.25, 0.3) is 0 Å². The highest BCUT2D eigenvalue weighted by atomic mass is 16.3. The summed E-state index contributed by atoms with van der Waals surface area (Å²) in [6, 6.07) is 0.508. The van der Waals surface area contributed by atoms with Crippen LogP contribution in [0.25, 0.3) is 0 Å². The number of amides is 1. The summed E-state index contributed by atoms with van der Waals surface area (Å²) in [5.41, 5.74) is 0. The molecule has 3 fully saturated rings. The van der Waals surface area contributed by atoms with E-state index in [1.807, 2.05) is 0 Å². The predicted molar refractivity (Wildman–Crippen MR) is 82.9 cm³/mol. The van der Waals surface area contributed by atoms with Crippen LogP contribution in [0.4, 0.5) is 0 Å². The average molecular weight is 294 g/mol. The van der Waals surface area contributed by atoms with Crippen molar-refractivity contribution in [1.82, 2.24) is 9.80 Å². The second-order valence-electron chi connectivity index (χ2n) is 7.41. The van der Waals surface area contributed by atoms with Gasteiger partial charge in [-0.2, -0.15) is 0 Å². The zero-order valence-corrected chi connectivity index (χ0v) is 13.3. The molecule has 2 aliphatic heterocycles. The van der Waals surface area contributed by atoms with Gasteiger partial charge in [0.1, 0.15) is 0 Å². The van der Waals surface area contributed by atoms with Crippen molar-refractivity contribution in [3.63, 3.8) is 0 Å². The molecule has 0 bridgehead atoms. The van der Waals surface area contributed by atoms with Crippen LogP contribution in [0.15, 0.2) is 0 Å². The van der Waals surface area contributed by atoms with Crippen LogP contribution in [0, 0.1) is 11.8 Å². The van der Waals surface area contributed by atoms with Gasteiger partial charge in [0.05, 0.1) is 12.6 Å². The van der Waals surface area contributed by atoms with Crippen LogP contribution in [0.5, 0.6) is 0 Å². The van der Waals surface area contributed by atoms with Crippen LogP contribution in [0.2, 0.25) is 0 Å². The highest BCUT2D eigenvalue weighted by Gasteiger charge is 2.36. The van der Waals surface area contributed by atoms with Crippen LogP contribution >= 0.6 is 0 Å². The van der Waals surface area contributed by atoms with Crippen molar-refractivity contribution in [2.75, 3.05) is 26.2 Å². The number of carbonyl (C=O) groups is 1. The lowest BCUT2D eigenvalue weighted by Gasteiger charge is -2.45. The highest BCUT2D eigenvalue weighted by Crippen LogP contribution is 2.35. The van der Waals surface area contributed by atoms with Crippen molar-refractivity contribution >= 4 is 5.91 Å². The Morgan fingerprint density at radius 2 is 1.86 bits per heavy atom. The summed E-state index contributed by atoms with van der Waals surface area (Å²) >= 11 is 0. The van der Waals surface area contributed by atoms with Gasteiger partial charge in [-0.25, -0.2) is 0 Å². The summed E-state index contributed by atoms with van der Waals surface area (Å²) < 4.78 is 0. The minimum Gasteiger partial charge on any atom is -0.392 e. The molecule has 1 N–H and O–H groups in total. The van der Waals surface area contributed by atoms with Crippen molar-refractivity contribution in [3.05, 3.63) is 0 Å². The Balaban J connectivity index is 1.57. The number of hydrogen-bond acceptors (Lipinski definition) is 3. The molecule has 0 radical (unpaired) electrons. The summed E-state index contributed by atoms with van der Waals surface area (Å²) in [6.45, 7) is 5.17. The molecule has 1 saturated carbocycles. The summed E-state index contributed by atoms with van der Waals surface area (Å²) in [7, 11) is 0. The maximum atomic E-state index is 12.7. The molecule has 4 unspecified atom stereocenters. The van der Waals surface area contributed by atoms with E-state index in [4.69, 9.17) is 0 Å². The molecule has 21 heavy (non-hydrogen) atoms. The van der Waals surface area contributed by atoms with Crippen molar-refractivity contribution in [3.8, 4) is 0 Å². The fraction of sp³-hybridized carbons (Fsp3) is 0.941. The number of piperidine rings is 2. The van der Waals surface area contributed by atoms with Crippen molar-refractivity contribution < 1.29 is 9.90 Å². The zero-order chi connectivity index (χ0) is 14.8. The van der Waals surface area contributed by atoms with Gasteiger partial charge in [0.15, 0.2) is 0 Å². The molecule has 4 heteroatoms. The Morgan fingerprint density at radius 1 is 1.10 bits per heavy atom. The fourth-order valence-electron chi connectivity index (χ4n) is 4.47. The zero-order valence-electron chi connectivity index (χ0n) is 13.3. The molecule has 0 spiro atoms. The third-order valence-corrected chi connectivity index (χ3v) is 5.93. The average Bonchev–Trinajstić information content (AvgIpc) is 2.50. The third-order valence-electron chi connectivity index (χ3n) is 5.93. The number of nitrogens with zero attached hydrogens (tertiary/aromatic N) is 2. The Bertz CT molecular complexity index is 372. The van der Waals surface area contributed by atoms with Gasteiger partial charge in [-0.1, -0.05) is 19.8 Å². The summed E-state index contributed by atoms with van der Waals surface area (Å²) in [5, 5.41) is 9.99. The van der Waals surface area contributed by atoms with E-state index in [0.717, 1.165) is 25.4 Å². The number of β-amino-alcohol motifs (C(OH)–C–C–N with tert-alkyl or cyclic N) is 1. The molecular formula is C17H30N2O2. The van der Waals surface area contributed by atoms with Crippen LogP contribution in [-0.2, 0) is 4.79 Å². The Kier molecular flexibility index (Phi) is 4.85. The number of rotatable bonds is 2. The van der Waals surface area contributed by atoms with Gasteiger partial charge in [0.2, 0.25) is 5.91 Å². The van der Waals surface area contributed by atoms with E-state index in [-0.39, 0.29) is 6.10 Å². The molecular weight excluding hydrogens is 264 g/mol. The minimum atomic E-state index is -0.268. The first-order valence-corrected chi connectivity index (χ1v) is 8.85. The van der Waals surface area contributed by atoms with Crippen LogP contribution in [0.1, 0.15) is 51.9 Å². The van der Waals surface area contributed by atoms with E-state index in [2.05, 4.69) is 16.7 Å². The van der Waals surface area contributed by atoms with E-state index in [1.165, 1.54) is 38.5 Å². The molecule has 0 aromatic carbocycles. The smallest absolute Gasteiger partial charge is 0.237 e. The van der Waals surface area contributed by atoms with E-state index >= 15 is 0 Å². The van der Waals surface area contributed by atoms with Crippen molar-refractivity contribution in [2.24, 2.45) is 11.8 Å². The second-order valence-corrected chi connectivity index (χ2v) is 7.41. The molecule has 1 aliphatic carbocycles. The molecule has 4 atom stereocenters. The minimum absolute atomic E-state index is 0.268. The van der Waals surface area contributed by atoms with Gasteiger partial charge in [-0.05, 0) is 50.5 Å². The van der Waals surface area contributed by atoms with Gasteiger partial charge >= 0.3 is 0 Å². The molecule has 4 nitrogen and oxygen atoms in total. The first-order chi connectivity index (χ1) is 10.1. The number of likely N-dealkylation sites (tertiary alicyclic amines) is 2. The summed E-state index contributed by atoms with van der Waals surface area (Å²) in [6.07, 6.45) is 8.37. The van der Waals surface area contributed by atoms with E-state index in [9.17, 15) is 9.90 Å². The lowest BCUT2D eigenvalue weighted by molar-refractivity contribution is -0.139. The molecule has 120 valence electrons. The normalized spacial score (nSPS) is 38.1. The monoisotopic (exact) mass is 294 g/mol. The lowest BCUT2D eigenvalue weighted by atomic mass is 9.78. The first-order valence-electron chi connectivity index (χ1n) is 8.85. The second kappa shape index (κ2) is 6.66. The van der Waals surface area contributed by atoms with Crippen LogP contribution in [-0.4, -0.2) is 59.1 Å². The van der Waals surface area contributed by atoms with Gasteiger partial charge in [-0.15, -0.1) is 0 Å². The Hall–Kier alpha value is -0.610. The van der Waals surface area contributed by atoms with E-state index in [0.29, 0.717) is 31.0 Å². The van der Waals surface area contributed by atoms with Crippen molar-refractivity contribution in [1.29, 1.82) is 0 Å². The number of aliphatic hydroxyl groups is 1. The SMILES string of the molecule is CC1CCN(CC(=O)N2CCCC3CCCCC32)CC1O. The van der Waals surface area contributed by atoms with Gasteiger partial charge in [0, 0.05) is 19.1 Å². The number of fused-ring (bicyclic) bond motifs is 1. The van der Waals surface area contributed by atoms with E-state index < -0.39 is 0 Å². The molecule has 0 aromatic rings. The predicted octanol–water partition coefficient (Wildman–Crippen LogP) is 1.87. The summed E-state index contributed by atoms with van der Waals surface area (Å²) in [4.78, 5) is 17.0. The maximum absolute atomic E-state index is 12.7. The highest BCUT2D eigenvalue weighted by molar-refractivity contribution is 5.78. The molecule has 2 heterocycles. The molecule has 3 rings (SSSR count). The molecule has 0 aromatic heterocycles. The van der Waals surface area contributed by atoms with Crippen LogP contribution < -0.4 is 0 Å². The number of aliphatic hydroxyl groups excluding tert-OH is 1. The fourth-order valence-corrected chi connectivity index (χ4v) is 4.47. The number of carbonyl (C=O) groups excluding carboxylic acids is 1. The Morgan fingerprint density at radius 3 is 2.67 bits per heavy atom. The number of hydrogen-bond donors (Lipinski definition) is 1. The van der Waals surface area contributed by atoms with Gasteiger partial charge in [-0.3, -0.25) is 9.69 Å². The first kappa shape index (κ1) is 15.3.